The number of hydrogen-bond donors (Lipinski definition) is 1. The lowest BCUT2D eigenvalue weighted by molar-refractivity contribution is -0.870. The zero-order valence-corrected chi connectivity index (χ0v) is 64.2. The van der Waals surface area contributed by atoms with Crippen LogP contribution in [0.4, 0.5) is 0 Å². The van der Waals surface area contributed by atoms with Crippen LogP contribution in [0.2, 0.25) is 0 Å². The molecule has 9 heteroatoms. The highest BCUT2D eigenvalue weighted by Crippen LogP contribution is 2.19. The van der Waals surface area contributed by atoms with Crippen LogP contribution < -0.4 is 0 Å². The summed E-state index contributed by atoms with van der Waals surface area (Å²) >= 11 is 0. The summed E-state index contributed by atoms with van der Waals surface area (Å²) in [4.78, 5) is 37.8. The van der Waals surface area contributed by atoms with Crippen molar-refractivity contribution in [3.8, 4) is 0 Å². The highest BCUT2D eigenvalue weighted by atomic mass is 16.7. The number of carboxylic acids is 1. The Morgan fingerprint density at radius 3 is 0.876 bits per heavy atom. The van der Waals surface area contributed by atoms with Crippen molar-refractivity contribution in [3.05, 3.63) is 109 Å². The molecule has 0 saturated carbocycles. The van der Waals surface area contributed by atoms with Crippen LogP contribution in [-0.4, -0.2) is 87.4 Å². The fourth-order valence-electron chi connectivity index (χ4n) is 11.8. The Morgan fingerprint density at radius 1 is 0.320 bits per heavy atom. The highest BCUT2D eigenvalue weighted by molar-refractivity contribution is 5.71. The Balaban J connectivity index is 4.05. The summed E-state index contributed by atoms with van der Waals surface area (Å²) in [5.41, 5.74) is 0. The Hall–Kier alpha value is -4.05. The summed E-state index contributed by atoms with van der Waals surface area (Å²) < 4.78 is 23.0. The highest BCUT2D eigenvalue weighted by Gasteiger charge is 2.25. The molecule has 0 heterocycles. The molecule has 0 aromatic carbocycles. The van der Waals surface area contributed by atoms with E-state index in [1.165, 1.54) is 238 Å². The van der Waals surface area contributed by atoms with Gasteiger partial charge in [-0.15, -0.1) is 0 Å². The molecule has 2 atom stereocenters. The lowest BCUT2D eigenvalue weighted by atomic mass is 10.0. The van der Waals surface area contributed by atoms with Crippen LogP contribution in [0.3, 0.4) is 0 Å². The quantitative estimate of drug-likeness (QED) is 0.0211. The number of aliphatic carboxylic acids is 1. The number of nitrogens with zero attached hydrogens (tertiary/aromatic N) is 1. The van der Waals surface area contributed by atoms with Crippen LogP contribution in [-0.2, 0) is 33.3 Å². The van der Waals surface area contributed by atoms with Gasteiger partial charge in [-0.2, -0.15) is 0 Å². The first-order chi connectivity index (χ1) is 47.6. The molecule has 97 heavy (non-hydrogen) atoms. The molecule has 560 valence electrons. The molecule has 9 nitrogen and oxygen atoms in total. The van der Waals surface area contributed by atoms with E-state index in [1.807, 2.05) is 21.1 Å². The van der Waals surface area contributed by atoms with Gasteiger partial charge in [0.25, 0.3) is 6.29 Å². The monoisotopic (exact) mass is 1360 g/mol. The Labute approximate surface area is 600 Å². The molecule has 0 aliphatic heterocycles. The van der Waals surface area contributed by atoms with Gasteiger partial charge in [-0.05, 0) is 83.5 Å². The minimum atomic E-state index is -1.52. The third-order valence-electron chi connectivity index (χ3n) is 18.0. The van der Waals surface area contributed by atoms with Crippen molar-refractivity contribution in [3.63, 3.8) is 0 Å². The van der Waals surface area contributed by atoms with E-state index in [0.717, 1.165) is 103 Å². The molecule has 0 bridgehead atoms. The minimum absolute atomic E-state index is 0.184. The Morgan fingerprint density at radius 2 is 0.588 bits per heavy atom. The summed E-state index contributed by atoms with van der Waals surface area (Å²) in [6, 6.07) is 0. The molecular weight excluding hydrogens is 1200 g/mol. The van der Waals surface area contributed by atoms with Gasteiger partial charge in [-0.25, -0.2) is 4.79 Å². The molecule has 0 fully saturated rings. The SMILES string of the molecule is CC/C=C\C/C=C\C/C=C\C/C=C\C/C=C\C/C=C\C/C=C\C/C=C\C/C=C\CCCCCCCCCCCC(=O)OC(COC(=O)CCCCCCCCCCCCCCCCCCCCCCCCCCCCCCCCCCCCC)COC(OCC[N+](C)(C)C)C(=O)O. The molecule has 0 spiro atoms. The zero-order valence-electron chi connectivity index (χ0n) is 64.2. The third-order valence-corrected chi connectivity index (χ3v) is 18.0. The lowest BCUT2D eigenvalue weighted by Crippen LogP contribution is -2.40. The van der Waals surface area contributed by atoms with Crippen molar-refractivity contribution in [2.75, 3.05) is 47.5 Å². The smallest absolute Gasteiger partial charge is 0.361 e. The summed E-state index contributed by atoms with van der Waals surface area (Å²) in [6.07, 6.45) is 107. The first-order valence-corrected chi connectivity index (χ1v) is 41.1. The van der Waals surface area contributed by atoms with Crippen molar-refractivity contribution in [1.82, 2.24) is 0 Å². The minimum Gasteiger partial charge on any atom is -0.477 e. The molecule has 1 N–H and O–H groups in total. The van der Waals surface area contributed by atoms with Gasteiger partial charge in [0, 0.05) is 12.8 Å². The molecular formula is C88H156NO8+. The summed E-state index contributed by atoms with van der Waals surface area (Å²) in [7, 11) is 5.98. The normalized spacial score (nSPS) is 13.2. The van der Waals surface area contributed by atoms with Crippen molar-refractivity contribution < 1.29 is 42.9 Å². The van der Waals surface area contributed by atoms with Gasteiger partial charge in [0.1, 0.15) is 13.2 Å². The van der Waals surface area contributed by atoms with Crippen LogP contribution in [0.25, 0.3) is 0 Å². The second kappa shape index (κ2) is 77.7. The summed E-state index contributed by atoms with van der Waals surface area (Å²) in [6.45, 7) is 4.80. The number of allylic oxidation sites excluding steroid dienone is 18. The van der Waals surface area contributed by atoms with E-state index in [0.29, 0.717) is 23.9 Å². The molecule has 0 rings (SSSR count). The predicted octanol–water partition coefficient (Wildman–Crippen LogP) is 26.5. The van der Waals surface area contributed by atoms with Crippen molar-refractivity contribution in [1.29, 1.82) is 0 Å². The van der Waals surface area contributed by atoms with Gasteiger partial charge in [0.05, 0.1) is 34.4 Å². The van der Waals surface area contributed by atoms with E-state index >= 15 is 0 Å². The number of hydrogen-bond acceptors (Lipinski definition) is 7. The predicted molar refractivity (Wildman–Crippen MR) is 419 cm³/mol. The number of rotatable bonds is 76. The lowest BCUT2D eigenvalue weighted by Gasteiger charge is -2.25. The number of unbranched alkanes of at least 4 members (excludes halogenated alkanes) is 43. The second-order valence-corrected chi connectivity index (χ2v) is 28.7. The van der Waals surface area contributed by atoms with E-state index in [4.69, 9.17) is 18.9 Å². The van der Waals surface area contributed by atoms with Crippen LogP contribution in [0, 0.1) is 0 Å². The second-order valence-electron chi connectivity index (χ2n) is 28.7. The maximum Gasteiger partial charge on any atom is 0.361 e. The number of esters is 2. The maximum absolute atomic E-state index is 13.0. The molecule has 0 amide bonds. The third kappa shape index (κ3) is 79.2. The van der Waals surface area contributed by atoms with E-state index in [1.54, 1.807) is 0 Å². The average molecular weight is 1360 g/mol. The van der Waals surface area contributed by atoms with Crippen molar-refractivity contribution >= 4 is 17.9 Å². The number of ether oxygens (including phenoxy) is 4. The zero-order chi connectivity index (χ0) is 70.4. The van der Waals surface area contributed by atoms with Crippen molar-refractivity contribution in [2.24, 2.45) is 0 Å². The van der Waals surface area contributed by atoms with Gasteiger partial charge in [-0.1, -0.05) is 386 Å². The van der Waals surface area contributed by atoms with Crippen LogP contribution in [0.15, 0.2) is 109 Å². The van der Waals surface area contributed by atoms with Gasteiger partial charge in [0.15, 0.2) is 6.10 Å². The largest absolute Gasteiger partial charge is 0.477 e. The molecule has 0 aromatic heterocycles. The van der Waals surface area contributed by atoms with Crippen LogP contribution in [0.1, 0.15) is 373 Å². The van der Waals surface area contributed by atoms with Gasteiger partial charge in [-0.3, -0.25) is 9.59 Å². The molecule has 0 aromatic rings. The summed E-state index contributed by atoms with van der Waals surface area (Å²) in [5.74, 6) is -2.00. The molecule has 2 unspecified atom stereocenters. The number of likely N-dealkylation sites (N-methyl/N-ethyl adjacent to an activating group) is 1. The summed E-state index contributed by atoms with van der Waals surface area (Å²) in [5, 5.41) is 9.78. The van der Waals surface area contributed by atoms with Crippen LogP contribution in [0.5, 0.6) is 0 Å². The van der Waals surface area contributed by atoms with E-state index in [9.17, 15) is 19.5 Å². The fraction of sp³-hybridized carbons (Fsp3) is 0.761. The number of quaternary nitrogens is 1. The van der Waals surface area contributed by atoms with E-state index in [-0.39, 0.29) is 32.2 Å². The van der Waals surface area contributed by atoms with Crippen LogP contribution >= 0.6 is 0 Å². The molecule has 0 aliphatic rings. The Bertz CT molecular complexity index is 1970. The first kappa shape index (κ1) is 93.0. The Kier molecular flexibility index (Phi) is 74.4. The first-order valence-electron chi connectivity index (χ1n) is 41.1. The average Bonchev–Trinajstić information content (AvgIpc) is 3.11. The fourth-order valence-corrected chi connectivity index (χ4v) is 11.8. The standard InChI is InChI=1S/C88H155NO8/c1-6-8-10-12-14-16-18-20-22-24-26-28-30-32-34-36-38-40-42-43-45-47-49-51-53-55-57-59-61-63-65-67-69-71-73-75-77-79-86(91)97-84(83-96-88(87(92)93)94-81-80-89(3,4)5)82-95-85(90)78-76-74-72-70-68-66-64-62-60-58-56-54-52-50-48-46-44-41-39-37-35-33-31-29-27-25-23-21-19-17-15-13-11-9-7-2/h8,10,14,16,20,22,26,28,32,34,38,40,43,45,49,51,55,57,84,88H,6-7,9,11-13,15,17-19,21,23-25,27,29-31,33,35-37,39,41-42,44,46-48,50,52-54,56,58-83H2,1-5H3/p+1/b10-8-,16-14-,22-20-,28-26-,34-32-,40-38-,45-43-,51-49-,57-55-. The topological polar surface area (TPSA) is 108 Å². The van der Waals surface area contributed by atoms with E-state index in [2.05, 4.69) is 123 Å². The molecule has 0 radical (unpaired) electrons. The number of carbonyl (C=O) groups is 3. The molecule has 0 aliphatic carbocycles. The van der Waals surface area contributed by atoms with Gasteiger partial charge < -0.3 is 28.5 Å². The van der Waals surface area contributed by atoms with Crippen molar-refractivity contribution in [2.45, 2.75) is 386 Å². The van der Waals surface area contributed by atoms with Gasteiger partial charge in [0.2, 0.25) is 0 Å². The number of carboxylic acid groups (broad SMARTS) is 1. The number of carbonyl (C=O) groups excluding carboxylic acids is 2. The van der Waals surface area contributed by atoms with E-state index < -0.39 is 24.3 Å². The molecule has 0 saturated heterocycles. The van der Waals surface area contributed by atoms with Gasteiger partial charge >= 0.3 is 17.9 Å². The maximum atomic E-state index is 13.0.